The summed E-state index contributed by atoms with van der Waals surface area (Å²) < 4.78 is 0. The number of hydrogen-bond acceptors (Lipinski definition) is 3. The minimum atomic E-state index is -0.565. The van der Waals surface area contributed by atoms with Crippen LogP contribution in [0.2, 0.25) is 0 Å². The van der Waals surface area contributed by atoms with Gasteiger partial charge in [-0.05, 0) is 31.5 Å². The molecular weight excluding hydrogens is 224 g/mol. The summed E-state index contributed by atoms with van der Waals surface area (Å²) in [5, 5.41) is 10.4. The Balaban J connectivity index is 2.01. The van der Waals surface area contributed by atoms with Crippen molar-refractivity contribution in [2.75, 3.05) is 4.90 Å². The van der Waals surface area contributed by atoms with Crippen LogP contribution in [0.1, 0.15) is 28.7 Å². The summed E-state index contributed by atoms with van der Waals surface area (Å²) in [7, 11) is 0. The van der Waals surface area contributed by atoms with E-state index in [2.05, 4.69) is 11.1 Å². The molecule has 3 nitrogen and oxygen atoms in total. The highest BCUT2D eigenvalue weighted by molar-refractivity contribution is 5.56. The second kappa shape index (κ2) is 4.10. The van der Waals surface area contributed by atoms with E-state index >= 15 is 0 Å². The first kappa shape index (κ1) is 11.2. The Morgan fingerprint density at radius 3 is 2.67 bits per heavy atom. The van der Waals surface area contributed by atoms with Crippen molar-refractivity contribution in [2.45, 2.75) is 26.6 Å². The normalized spacial score (nSPS) is 17.9. The zero-order valence-electron chi connectivity index (χ0n) is 10.6. The molecule has 0 saturated heterocycles. The molecule has 0 spiro atoms. The highest BCUT2D eigenvalue weighted by Gasteiger charge is 2.29. The van der Waals surface area contributed by atoms with Crippen molar-refractivity contribution in [2.24, 2.45) is 0 Å². The number of nitrogens with zero attached hydrogens (tertiary/aromatic N) is 2. The average Bonchev–Trinajstić information content (AvgIpc) is 2.68. The number of aliphatic hydroxyl groups excluding tert-OH is 1. The molecule has 3 heteroatoms. The molecule has 2 aromatic rings. The first-order valence-corrected chi connectivity index (χ1v) is 6.13. The van der Waals surface area contributed by atoms with Gasteiger partial charge in [-0.15, -0.1) is 0 Å². The van der Waals surface area contributed by atoms with Crippen molar-refractivity contribution >= 4 is 5.69 Å². The third kappa shape index (κ3) is 1.68. The van der Waals surface area contributed by atoms with Gasteiger partial charge in [0.05, 0.1) is 11.4 Å². The molecular formula is C15H16N2O. The van der Waals surface area contributed by atoms with Crippen molar-refractivity contribution in [3.05, 3.63) is 58.9 Å². The predicted molar refractivity (Wildman–Crippen MR) is 71.3 cm³/mol. The topological polar surface area (TPSA) is 36.4 Å². The summed E-state index contributed by atoms with van der Waals surface area (Å²) in [6, 6.07) is 12.0. The molecule has 0 saturated carbocycles. The van der Waals surface area contributed by atoms with Gasteiger partial charge in [0, 0.05) is 17.8 Å². The number of anilines is 1. The summed E-state index contributed by atoms with van der Waals surface area (Å²) >= 11 is 0. The summed E-state index contributed by atoms with van der Waals surface area (Å²) in [5.41, 5.74) is 5.15. The quantitative estimate of drug-likeness (QED) is 0.832. The number of aromatic nitrogens is 1. The maximum Gasteiger partial charge on any atom is 0.153 e. The molecule has 1 aromatic heterocycles. The number of fused-ring (bicyclic) bond motifs is 1. The first-order chi connectivity index (χ1) is 8.66. The van der Waals surface area contributed by atoms with E-state index < -0.39 is 6.23 Å². The van der Waals surface area contributed by atoms with E-state index in [0.717, 1.165) is 29.2 Å². The fourth-order valence-corrected chi connectivity index (χ4v) is 2.57. The Bertz CT molecular complexity index is 595. The molecule has 3 rings (SSSR count). The molecule has 0 bridgehead atoms. The smallest absolute Gasteiger partial charge is 0.153 e. The lowest BCUT2D eigenvalue weighted by Gasteiger charge is -2.24. The van der Waals surface area contributed by atoms with E-state index in [4.69, 9.17) is 0 Å². The Hall–Kier alpha value is -1.87. The second-order valence-corrected chi connectivity index (χ2v) is 4.76. The van der Waals surface area contributed by atoms with Crippen LogP contribution in [0, 0.1) is 13.8 Å². The maximum atomic E-state index is 10.4. The number of hydrogen-bond donors (Lipinski definition) is 1. The zero-order chi connectivity index (χ0) is 12.7. The van der Waals surface area contributed by atoms with Crippen LogP contribution in [0.4, 0.5) is 5.69 Å². The van der Waals surface area contributed by atoms with Gasteiger partial charge < -0.3 is 10.0 Å². The minimum absolute atomic E-state index is 0.565. The highest BCUT2D eigenvalue weighted by Crippen LogP contribution is 2.36. The van der Waals surface area contributed by atoms with E-state index in [9.17, 15) is 5.11 Å². The van der Waals surface area contributed by atoms with Crippen LogP contribution in [0.5, 0.6) is 0 Å². The van der Waals surface area contributed by atoms with Gasteiger partial charge in [-0.2, -0.15) is 0 Å². The molecule has 1 aliphatic rings. The molecule has 1 unspecified atom stereocenters. The fourth-order valence-electron chi connectivity index (χ4n) is 2.57. The van der Waals surface area contributed by atoms with Crippen LogP contribution >= 0.6 is 0 Å². The van der Waals surface area contributed by atoms with E-state index in [1.54, 1.807) is 0 Å². The van der Waals surface area contributed by atoms with Gasteiger partial charge in [0.1, 0.15) is 0 Å². The Morgan fingerprint density at radius 2 is 1.94 bits per heavy atom. The summed E-state index contributed by atoms with van der Waals surface area (Å²) in [5.74, 6) is 0. The molecule has 0 aliphatic carbocycles. The van der Waals surface area contributed by atoms with Crippen LogP contribution in [0.3, 0.4) is 0 Å². The van der Waals surface area contributed by atoms with E-state index in [1.165, 1.54) is 5.56 Å². The summed E-state index contributed by atoms with van der Waals surface area (Å²) in [4.78, 5) is 6.46. The average molecular weight is 240 g/mol. The third-order valence-electron chi connectivity index (χ3n) is 3.48. The van der Waals surface area contributed by atoms with E-state index in [-0.39, 0.29) is 0 Å². The lowest BCUT2D eigenvalue weighted by atomic mass is 10.1. The molecule has 1 N–H and O–H groups in total. The van der Waals surface area contributed by atoms with Gasteiger partial charge in [-0.1, -0.05) is 24.3 Å². The van der Waals surface area contributed by atoms with Crippen molar-refractivity contribution in [3.63, 3.8) is 0 Å². The Labute approximate surface area is 107 Å². The van der Waals surface area contributed by atoms with Gasteiger partial charge in [-0.25, -0.2) is 0 Å². The minimum Gasteiger partial charge on any atom is -0.369 e. The van der Waals surface area contributed by atoms with E-state index in [0.29, 0.717) is 0 Å². The largest absolute Gasteiger partial charge is 0.369 e. The monoisotopic (exact) mass is 240 g/mol. The number of pyridine rings is 1. The zero-order valence-corrected chi connectivity index (χ0v) is 10.6. The Kier molecular flexibility index (Phi) is 2.56. The van der Waals surface area contributed by atoms with Crippen molar-refractivity contribution < 1.29 is 5.11 Å². The first-order valence-electron chi connectivity index (χ1n) is 6.13. The number of aliphatic hydroxyl groups is 1. The number of benzene rings is 1. The standard InChI is InChI=1S/C15H16N2O/c1-10-7-8-14(11(2)16-10)17-9-12-5-3-4-6-13(12)15(17)18/h3-8,15,18H,9H2,1-2H3. The SMILES string of the molecule is Cc1ccc(N2Cc3ccccc3C2O)c(C)n1. The van der Waals surface area contributed by atoms with E-state index in [1.807, 2.05) is 49.1 Å². The molecule has 1 atom stereocenters. The third-order valence-corrected chi connectivity index (χ3v) is 3.48. The number of rotatable bonds is 1. The van der Waals surface area contributed by atoms with Gasteiger partial charge in [0.25, 0.3) is 0 Å². The molecule has 0 fully saturated rings. The Morgan fingerprint density at radius 1 is 1.17 bits per heavy atom. The van der Waals surface area contributed by atoms with Gasteiger partial charge >= 0.3 is 0 Å². The van der Waals surface area contributed by atoms with Crippen LogP contribution in [0.15, 0.2) is 36.4 Å². The van der Waals surface area contributed by atoms with Gasteiger partial charge in [-0.3, -0.25) is 4.98 Å². The summed E-state index contributed by atoms with van der Waals surface area (Å²) in [6.07, 6.45) is -0.565. The molecule has 1 aliphatic heterocycles. The van der Waals surface area contributed by atoms with Crippen molar-refractivity contribution in [1.29, 1.82) is 0 Å². The molecule has 92 valence electrons. The fraction of sp³-hybridized carbons (Fsp3) is 0.267. The lowest BCUT2D eigenvalue weighted by Crippen LogP contribution is -2.22. The molecule has 18 heavy (non-hydrogen) atoms. The van der Waals surface area contributed by atoms with Gasteiger partial charge in [0.2, 0.25) is 0 Å². The van der Waals surface area contributed by atoms with Gasteiger partial charge in [0.15, 0.2) is 6.23 Å². The summed E-state index contributed by atoms with van der Waals surface area (Å²) in [6.45, 7) is 4.70. The van der Waals surface area contributed by atoms with Crippen molar-refractivity contribution in [3.8, 4) is 0 Å². The van der Waals surface area contributed by atoms with Crippen LogP contribution in [-0.2, 0) is 6.54 Å². The van der Waals surface area contributed by atoms with Crippen molar-refractivity contribution in [1.82, 2.24) is 4.98 Å². The molecule has 0 amide bonds. The van der Waals surface area contributed by atoms with Crippen LogP contribution in [-0.4, -0.2) is 10.1 Å². The molecule has 1 aromatic carbocycles. The number of aryl methyl sites for hydroxylation is 2. The maximum absolute atomic E-state index is 10.4. The lowest BCUT2D eigenvalue weighted by molar-refractivity contribution is 0.181. The predicted octanol–water partition coefficient (Wildman–Crippen LogP) is 2.71. The van der Waals surface area contributed by atoms with Crippen LogP contribution < -0.4 is 4.90 Å². The molecule has 0 radical (unpaired) electrons. The second-order valence-electron chi connectivity index (χ2n) is 4.76. The highest BCUT2D eigenvalue weighted by atomic mass is 16.3. The van der Waals surface area contributed by atoms with Crippen LogP contribution in [0.25, 0.3) is 0 Å². The molecule has 2 heterocycles.